The fourth-order valence-electron chi connectivity index (χ4n) is 1.47. The van der Waals surface area contributed by atoms with Crippen molar-refractivity contribution in [1.29, 1.82) is 0 Å². The van der Waals surface area contributed by atoms with Crippen LogP contribution in [0, 0.1) is 15.9 Å². The summed E-state index contributed by atoms with van der Waals surface area (Å²) in [5.41, 5.74) is 0.760. The zero-order valence-corrected chi connectivity index (χ0v) is 11.3. The van der Waals surface area contributed by atoms with Crippen molar-refractivity contribution >= 4 is 21.6 Å². The van der Waals surface area contributed by atoms with Gasteiger partial charge >= 0.3 is 0 Å². The SMILES string of the molecule is O=[N+]([O-])c1ccc(Oc2ccc(CBr)cc2F)cc1. The van der Waals surface area contributed by atoms with Gasteiger partial charge in [-0.3, -0.25) is 10.1 Å². The number of halogens is 2. The average molecular weight is 326 g/mol. The Hall–Kier alpha value is -1.95. The van der Waals surface area contributed by atoms with Crippen LogP contribution in [0.5, 0.6) is 11.5 Å². The Balaban J connectivity index is 2.19. The molecule has 6 heteroatoms. The molecule has 0 spiro atoms. The lowest BCUT2D eigenvalue weighted by Crippen LogP contribution is -1.91. The van der Waals surface area contributed by atoms with E-state index in [1.807, 2.05) is 0 Å². The normalized spacial score (nSPS) is 10.2. The van der Waals surface area contributed by atoms with E-state index < -0.39 is 10.7 Å². The van der Waals surface area contributed by atoms with Crippen molar-refractivity contribution < 1.29 is 14.1 Å². The minimum absolute atomic E-state index is 0.0394. The standard InChI is InChI=1S/C13H9BrFNO3/c14-8-9-1-6-13(12(15)7-9)19-11-4-2-10(3-5-11)16(17)18/h1-7H,8H2. The minimum Gasteiger partial charge on any atom is -0.454 e. The number of benzene rings is 2. The molecular weight excluding hydrogens is 317 g/mol. The molecule has 0 radical (unpaired) electrons. The summed E-state index contributed by atoms with van der Waals surface area (Å²) in [5.74, 6) is -0.0510. The van der Waals surface area contributed by atoms with Crippen molar-refractivity contribution in [2.24, 2.45) is 0 Å². The Morgan fingerprint density at radius 3 is 2.42 bits per heavy atom. The molecule has 0 aliphatic rings. The van der Waals surface area contributed by atoms with Crippen LogP contribution in [-0.2, 0) is 5.33 Å². The van der Waals surface area contributed by atoms with Gasteiger partial charge in [-0.2, -0.15) is 0 Å². The van der Waals surface area contributed by atoms with Gasteiger partial charge in [-0.15, -0.1) is 0 Å². The summed E-state index contributed by atoms with van der Waals surface area (Å²) in [7, 11) is 0. The molecule has 4 nitrogen and oxygen atoms in total. The number of hydrogen-bond donors (Lipinski definition) is 0. The van der Waals surface area contributed by atoms with Crippen molar-refractivity contribution in [2.45, 2.75) is 5.33 Å². The number of ether oxygens (including phenoxy) is 1. The molecule has 0 unspecified atom stereocenters. The molecule has 19 heavy (non-hydrogen) atoms. The third-order valence-electron chi connectivity index (χ3n) is 2.43. The number of rotatable bonds is 4. The second kappa shape index (κ2) is 5.79. The Morgan fingerprint density at radius 2 is 1.89 bits per heavy atom. The maximum absolute atomic E-state index is 13.7. The maximum Gasteiger partial charge on any atom is 0.269 e. The lowest BCUT2D eigenvalue weighted by molar-refractivity contribution is -0.384. The molecule has 2 aromatic rings. The zero-order chi connectivity index (χ0) is 13.8. The van der Waals surface area contributed by atoms with Crippen LogP contribution in [0.4, 0.5) is 10.1 Å². The number of nitrogens with zero attached hydrogens (tertiary/aromatic N) is 1. The van der Waals surface area contributed by atoms with Crippen LogP contribution in [0.15, 0.2) is 42.5 Å². The number of nitro benzene ring substituents is 1. The van der Waals surface area contributed by atoms with Gasteiger partial charge in [0.25, 0.3) is 5.69 Å². The molecule has 0 aliphatic carbocycles. The minimum atomic E-state index is -0.505. The number of nitro groups is 1. The van der Waals surface area contributed by atoms with E-state index in [-0.39, 0.29) is 11.4 Å². The van der Waals surface area contributed by atoms with Gasteiger partial charge in [-0.25, -0.2) is 4.39 Å². The molecule has 0 saturated carbocycles. The first-order valence-electron chi connectivity index (χ1n) is 5.37. The highest BCUT2D eigenvalue weighted by Gasteiger charge is 2.08. The molecule has 0 N–H and O–H groups in total. The maximum atomic E-state index is 13.7. The van der Waals surface area contributed by atoms with Gasteiger partial charge in [-0.05, 0) is 29.8 Å². The molecular formula is C13H9BrFNO3. The Morgan fingerprint density at radius 1 is 1.21 bits per heavy atom. The van der Waals surface area contributed by atoms with Crippen molar-refractivity contribution in [3.8, 4) is 11.5 Å². The molecule has 0 bridgehead atoms. The number of non-ortho nitro benzene ring substituents is 1. The van der Waals surface area contributed by atoms with Gasteiger partial charge in [0, 0.05) is 17.5 Å². The molecule has 0 atom stereocenters. The molecule has 2 aromatic carbocycles. The highest BCUT2D eigenvalue weighted by molar-refractivity contribution is 9.08. The van der Waals surface area contributed by atoms with Crippen molar-refractivity contribution in [3.05, 3.63) is 64.0 Å². The monoisotopic (exact) mass is 325 g/mol. The third kappa shape index (κ3) is 3.29. The first-order valence-corrected chi connectivity index (χ1v) is 6.49. The smallest absolute Gasteiger partial charge is 0.269 e. The number of alkyl halides is 1. The summed E-state index contributed by atoms with van der Waals surface area (Å²) in [6.07, 6.45) is 0. The van der Waals surface area contributed by atoms with Crippen LogP contribution < -0.4 is 4.74 Å². The average Bonchev–Trinajstić information content (AvgIpc) is 2.41. The summed E-state index contributed by atoms with van der Waals surface area (Å²) >= 11 is 3.23. The second-order valence-electron chi connectivity index (χ2n) is 3.75. The van der Waals surface area contributed by atoms with Gasteiger partial charge in [0.1, 0.15) is 5.75 Å². The third-order valence-corrected chi connectivity index (χ3v) is 3.07. The van der Waals surface area contributed by atoms with Crippen LogP contribution in [0.3, 0.4) is 0 Å². The fourth-order valence-corrected chi connectivity index (χ4v) is 1.82. The molecule has 98 valence electrons. The van der Waals surface area contributed by atoms with Gasteiger partial charge in [-0.1, -0.05) is 22.0 Å². The second-order valence-corrected chi connectivity index (χ2v) is 4.31. The van der Waals surface area contributed by atoms with Crippen LogP contribution >= 0.6 is 15.9 Å². The summed E-state index contributed by atoms with van der Waals surface area (Å²) in [6, 6.07) is 10.1. The first-order chi connectivity index (χ1) is 9.10. The zero-order valence-electron chi connectivity index (χ0n) is 9.68. The van der Waals surface area contributed by atoms with Crippen LogP contribution in [0.1, 0.15) is 5.56 Å². The topological polar surface area (TPSA) is 52.4 Å². The first kappa shape index (κ1) is 13.5. The summed E-state index contributed by atoms with van der Waals surface area (Å²) < 4.78 is 19.0. The van der Waals surface area contributed by atoms with E-state index in [1.54, 1.807) is 6.07 Å². The summed E-state index contributed by atoms with van der Waals surface area (Å²) in [5, 5.41) is 11.1. The Bertz CT molecular complexity index is 601. The van der Waals surface area contributed by atoms with Crippen molar-refractivity contribution in [1.82, 2.24) is 0 Å². The molecule has 0 amide bonds. The van der Waals surface area contributed by atoms with E-state index in [2.05, 4.69) is 15.9 Å². The van der Waals surface area contributed by atoms with Gasteiger partial charge in [0.05, 0.1) is 4.92 Å². The molecule has 2 rings (SSSR count). The Kier molecular flexibility index (Phi) is 4.11. The molecule has 0 saturated heterocycles. The quantitative estimate of drug-likeness (QED) is 0.475. The van der Waals surface area contributed by atoms with Crippen LogP contribution in [-0.4, -0.2) is 4.92 Å². The van der Waals surface area contributed by atoms with Gasteiger partial charge in [0.2, 0.25) is 0 Å². The van der Waals surface area contributed by atoms with E-state index in [1.165, 1.54) is 36.4 Å². The van der Waals surface area contributed by atoms with E-state index in [0.29, 0.717) is 11.1 Å². The molecule has 0 heterocycles. The lowest BCUT2D eigenvalue weighted by Gasteiger charge is -2.07. The highest BCUT2D eigenvalue weighted by atomic mass is 79.9. The lowest BCUT2D eigenvalue weighted by atomic mass is 10.2. The summed E-state index contributed by atoms with van der Waals surface area (Å²) in [4.78, 5) is 9.99. The molecule has 0 aromatic heterocycles. The van der Waals surface area contributed by atoms with E-state index >= 15 is 0 Å². The van der Waals surface area contributed by atoms with Gasteiger partial charge < -0.3 is 4.74 Å². The van der Waals surface area contributed by atoms with Crippen molar-refractivity contribution in [2.75, 3.05) is 0 Å². The fraction of sp³-hybridized carbons (Fsp3) is 0.0769. The van der Waals surface area contributed by atoms with Crippen LogP contribution in [0.25, 0.3) is 0 Å². The van der Waals surface area contributed by atoms with E-state index in [4.69, 9.17) is 4.74 Å². The Labute approximate surface area is 117 Å². The number of hydrogen-bond acceptors (Lipinski definition) is 3. The molecule has 0 aliphatic heterocycles. The largest absolute Gasteiger partial charge is 0.454 e. The predicted molar refractivity (Wildman–Crippen MR) is 72.2 cm³/mol. The van der Waals surface area contributed by atoms with Crippen LogP contribution in [0.2, 0.25) is 0 Å². The van der Waals surface area contributed by atoms with Crippen molar-refractivity contribution in [3.63, 3.8) is 0 Å². The predicted octanol–water partition coefficient (Wildman–Crippen LogP) is 4.42. The summed E-state index contributed by atoms with van der Waals surface area (Å²) in [6.45, 7) is 0. The van der Waals surface area contributed by atoms with Gasteiger partial charge in [0.15, 0.2) is 11.6 Å². The molecule has 0 fully saturated rings. The van der Waals surface area contributed by atoms with E-state index in [9.17, 15) is 14.5 Å². The van der Waals surface area contributed by atoms with E-state index in [0.717, 1.165) is 5.56 Å². The highest BCUT2D eigenvalue weighted by Crippen LogP contribution is 2.27.